The van der Waals surface area contributed by atoms with Crippen LogP contribution in [0.25, 0.3) is 0 Å². The molecule has 1 aliphatic heterocycles. The standard InChI is InChI=1S/C17H27NO/c1-13(2)15-5-6-17(16(11-15)12-19-4)14-7-9-18(3)10-8-14/h5-6,11,13-14H,7-10,12H2,1-4H3. The van der Waals surface area contributed by atoms with Crippen molar-refractivity contribution >= 4 is 0 Å². The van der Waals surface area contributed by atoms with Crippen LogP contribution in [0.5, 0.6) is 0 Å². The number of rotatable bonds is 4. The highest BCUT2D eigenvalue weighted by Crippen LogP contribution is 2.32. The Morgan fingerprint density at radius 3 is 2.53 bits per heavy atom. The predicted molar refractivity (Wildman–Crippen MR) is 80.7 cm³/mol. The molecule has 0 bridgehead atoms. The van der Waals surface area contributed by atoms with Crippen molar-refractivity contribution in [1.82, 2.24) is 4.90 Å². The number of hydrogen-bond acceptors (Lipinski definition) is 2. The van der Waals surface area contributed by atoms with Crippen molar-refractivity contribution in [3.63, 3.8) is 0 Å². The van der Waals surface area contributed by atoms with Gasteiger partial charge in [-0.15, -0.1) is 0 Å². The summed E-state index contributed by atoms with van der Waals surface area (Å²) in [5, 5.41) is 0. The lowest BCUT2D eigenvalue weighted by Gasteiger charge is -2.30. The van der Waals surface area contributed by atoms with Crippen molar-refractivity contribution in [2.24, 2.45) is 0 Å². The van der Waals surface area contributed by atoms with Crippen molar-refractivity contribution in [2.75, 3.05) is 27.2 Å². The molecule has 0 saturated carbocycles. The van der Waals surface area contributed by atoms with E-state index in [0.29, 0.717) is 11.8 Å². The van der Waals surface area contributed by atoms with Gasteiger partial charge in [-0.25, -0.2) is 0 Å². The molecule has 106 valence electrons. The highest BCUT2D eigenvalue weighted by molar-refractivity contribution is 5.36. The predicted octanol–water partition coefficient (Wildman–Crippen LogP) is 3.77. The largest absolute Gasteiger partial charge is 0.380 e. The summed E-state index contributed by atoms with van der Waals surface area (Å²) in [5.41, 5.74) is 4.33. The van der Waals surface area contributed by atoms with Crippen LogP contribution in [0.15, 0.2) is 18.2 Å². The second-order valence-electron chi connectivity index (χ2n) is 6.12. The van der Waals surface area contributed by atoms with Gasteiger partial charge in [0.05, 0.1) is 6.61 Å². The average molecular weight is 261 g/mol. The molecule has 1 saturated heterocycles. The van der Waals surface area contributed by atoms with E-state index in [4.69, 9.17) is 4.74 Å². The van der Waals surface area contributed by atoms with Gasteiger partial charge >= 0.3 is 0 Å². The highest BCUT2D eigenvalue weighted by Gasteiger charge is 2.21. The van der Waals surface area contributed by atoms with Crippen molar-refractivity contribution in [3.8, 4) is 0 Å². The molecule has 1 heterocycles. The third-order valence-electron chi connectivity index (χ3n) is 4.29. The Hall–Kier alpha value is -0.860. The second-order valence-corrected chi connectivity index (χ2v) is 6.12. The lowest BCUT2D eigenvalue weighted by molar-refractivity contribution is 0.182. The van der Waals surface area contributed by atoms with Crippen LogP contribution in [0.3, 0.4) is 0 Å². The fourth-order valence-electron chi connectivity index (χ4n) is 2.98. The van der Waals surface area contributed by atoms with E-state index in [2.05, 4.69) is 44.0 Å². The minimum absolute atomic E-state index is 0.585. The third-order valence-corrected chi connectivity index (χ3v) is 4.29. The normalized spacial score (nSPS) is 18.2. The molecule has 1 fully saturated rings. The van der Waals surface area contributed by atoms with E-state index in [1.165, 1.54) is 42.6 Å². The molecule has 19 heavy (non-hydrogen) atoms. The van der Waals surface area contributed by atoms with Gasteiger partial charge in [-0.3, -0.25) is 0 Å². The zero-order valence-corrected chi connectivity index (χ0v) is 12.8. The van der Waals surface area contributed by atoms with Crippen LogP contribution in [0.2, 0.25) is 0 Å². The third kappa shape index (κ3) is 3.58. The number of piperidine rings is 1. The van der Waals surface area contributed by atoms with Gasteiger partial charge in [0.2, 0.25) is 0 Å². The summed E-state index contributed by atoms with van der Waals surface area (Å²) in [6.07, 6.45) is 2.54. The average Bonchev–Trinajstić information content (AvgIpc) is 2.40. The molecule has 1 aromatic rings. The second kappa shape index (κ2) is 6.53. The fraction of sp³-hybridized carbons (Fsp3) is 0.647. The Kier molecular flexibility index (Phi) is 5.00. The quantitative estimate of drug-likeness (QED) is 0.818. The van der Waals surface area contributed by atoms with Crippen LogP contribution >= 0.6 is 0 Å². The lowest BCUT2D eigenvalue weighted by Crippen LogP contribution is -2.29. The summed E-state index contributed by atoms with van der Waals surface area (Å²) in [7, 11) is 4.01. The number of hydrogen-bond donors (Lipinski definition) is 0. The smallest absolute Gasteiger partial charge is 0.0715 e. The first-order chi connectivity index (χ1) is 9.11. The zero-order valence-electron chi connectivity index (χ0n) is 12.8. The molecule has 2 nitrogen and oxygen atoms in total. The SMILES string of the molecule is COCc1cc(C(C)C)ccc1C1CCN(C)CC1. The molecule has 1 aliphatic rings. The number of benzene rings is 1. The van der Waals surface area contributed by atoms with Crippen molar-refractivity contribution in [1.29, 1.82) is 0 Å². The van der Waals surface area contributed by atoms with Gasteiger partial charge in [-0.05, 0) is 61.5 Å². The van der Waals surface area contributed by atoms with Crippen LogP contribution in [0.1, 0.15) is 55.2 Å². The van der Waals surface area contributed by atoms with E-state index in [1.807, 2.05) is 0 Å². The summed E-state index contributed by atoms with van der Waals surface area (Å²) in [5.74, 6) is 1.30. The maximum Gasteiger partial charge on any atom is 0.0715 e. The van der Waals surface area contributed by atoms with E-state index in [9.17, 15) is 0 Å². The van der Waals surface area contributed by atoms with E-state index < -0.39 is 0 Å². The first-order valence-electron chi connectivity index (χ1n) is 7.42. The van der Waals surface area contributed by atoms with Gasteiger partial charge in [0.15, 0.2) is 0 Å². The first kappa shape index (κ1) is 14.5. The van der Waals surface area contributed by atoms with Crippen molar-refractivity contribution in [3.05, 3.63) is 34.9 Å². The summed E-state index contributed by atoms with van der Waals surface area (Å²) in [6, 6.07) is 7.00. The molecule has 0 atom stereocenters. The van der Waals surface area contributed by atoms with Gasteiger partial charge in [-0.1, -0.05) is 32.0 Å². The van der Waals surface area contributed by atoms with E-state index in [1.54, 1.807) is 7.11 Å². The number of likely N-dealkylation sites (tertiary alicyclic amines) is 1. The molecule has 0 amide bonds. The van der Waals surface area contributed by atoms with Crippen molar-refractivity contribution < 1.29 is 4.74 Å². The Balaban J connectivity index is 2.23. The zero-order chi connectivity index (χ0) is 13.8. The van der Waals surface area contributed by atoms with Gasteiger partial charge in [0.1, 0.15) is 0 Å². The molecule has 2 rings (SSSR count). The summed E-state index contributed by atoms with van der Waals surface area (Å²) >= 11 is 0. The molecular formula is C17H27NO. The van der Waals surface area contributed by atoms with Crippen LogP contribution in [0, 0.1) is 0 Å². The topological polar surface area (TPSA) is 12.5 Å². The molecule has 1 aromatic carbocycles. The number of ether oxygens (including phenoxy) is 1. The minimum Gasteiger partial charge on any atom is -0.380 e. The Morgan fingerprint density at radius 1 is 1.26 bits per heavy atom. The van der Waals surface area contributed by atoms with E-state index in [-0.39, 0.29) is 0 Å². The maximum atomic E-state index is 5.40. The Labute approximate surface area is 117 Å². The van der Waals surface area contributed by atoms with Crippen LogP contribution in [-0.2, 0) is 11.3 Å². The van der Waals surface area contributed by atoms with Crippen molar-refractivity contribution in [2.45, 2.75) is 45.1 Å². The fourth-order valence-corrected chi connectivity index (χ4v) is 2.98. The van der Waals surface area contributed by atoms with Gasteiger partial charge < -0.3 is 9.64 Å². The summed E-state index contributed by atoms with van der Waals surface area (Å²) < 4.78 is 5.40. The first-order valence-corrected chi connectivity index (χ1v) is 7.42. The molecule has 0 N–H and O–H groups in total. The molecule has 0 spiro atoms. The van der Waals surface area contributed by atoms with Crippen LogP contribution < -0.4 is 0 Å². The minimum atomic E-state index is 0.585. The van der Waals surface area contributed by atoms with Crippen LogP contribution in [0.4, 0.5) is 0 Å². The molecular weight excluding hydrogens is 234 g/mol. The highest BCUT2D eigenvalue weighted by atomic mass is 16.5. The Morgan fingerprint density at radius 2 is 1.95 bits per heavy atom. The van der Waals surface area contributed by atoms with Crippen LogP contribution in [-0.4, -0.2) is 32.1 Å². The Bertz CT molecular complexity index is 406. The maximum absolute atomic E-state index is 5.40. The molecule has 0 aliphatic carbocycles. The molecule has 2 heteroatoms. The van der Waals surface area contributed by atoms with E-state index >= 15 is 0 Å². The molecule has 0 unspecified atom stereocenters. The monoisotopic (exact) mass is 261 g/mol. The molecule has 0 aromatic heterocycles. The van der Waals surface area contributed by atoms with E-state index in [0.717, 1.165) is 6.61 Å². The lowest BCUT2D eigenvalue weighted by atomic mass is 9.85. The van der Waals surface area contributed by atoms with Gasteiger partial charge in [0.25, 0.3) is 0 Å². The summed E-state index contributed by atoms with van der Waals surface area (Å²) in [4.78, 5) is 2.43. The number of nitrogens with zero attached hydrogens (tertiary/aromatic N) is 1. The van der Waals surface area contributed by atoms with Gasteiger partial charge in [0, 0.05) is 7.11 Å². The molecule has 0 radical (unpaired) electrons. The van der Waals surface area contributed by atoms with Gasteiger partial charge in [-0.2, -0.15) is 0 Å². The summed E-state index contributed by atoms with van der Waals surface area (Å²) in [6.45, 7) is 7.66. The number of methoxy groups -OCH3 is 1.